The Hall–Kier alpha value is -3.13. The first-order valence-corrected chi connectivity index (χ1v) is 25.8. The molecule has 6 aliphatic carbocycles. The Balaban J connectivity index is 0.796. The van der Waals surface area contributed by atoms with E-state index in [-0.39, 0.29) is 23.0 Å². The van der Waals surface area contributed by atoms with Crippen molar-refractivity contribution in [2.75, 3.05) is 13.1 Å². The summed E-state index contributed by atoms with van der Waals surface area (Å²) in [5, 5.41) is 27.7. The SMILES string of the molecule is C=C1C[C@@]2(CC[C@H](CC[C@@]3(O)CCC[C@H](O)C3)C2)[C@@H]2O[C@]2(C)CC[C@@H]2[C@@H]1C[C@]2(C1CCCCC1)[C@@H]1CC[C@H](CNC(N)=NC[C@H](CCc2ccccc2)c2cccc3cocc23)C1. The van der Waals surface area contributed by atoms with Crippen LogP contribution in [0.5, 0.6) is 0 Å². The van der Waals surface area contributed by atoms with Crippen molar-refractivity contribution in [3.8, 4) is 0 Å². The molecule has 2 aromatic carbocycles. The van der Waals surface area contributed by atoms with Crippen LogP contribution in [-0.2, 0) is 11.2 Å². The van der Waals surface area contributed by atoms with Crippen LogP contribution in [0.15, 0.2) is 82.6 Å². The fourth-order valence-electron chi connectivity index (χ4n) is 15.9. The van der Waals surface area contributed by atoms with E-state index >= 15 is 0 Å². The number of benzene rings is 2. The minimum Gasteiger partial charge on any atom is -0.471 e. The molecule has 0 amide bonds. The Bertz CT molecular complexity index is 2080. The molecule has 7 nitrogen and oxygen atoms in total. The Morgan fingerprint density at radius 2 is 1.75 bits per heavy atom. The van der Waals surface area contributed by atoms with Gasteiger partial charge in [0.1, 0.15) is 0 Å². The predicted molar refractivity (Wildman–Crippen MR) is 254 cm³/mol. The number of guanidine groups is 1. The van der Waals surface area contributed by atoms with Crippen molar-refractivity contribution in [2.45, 2.75) is 184 Å². The summed E-state index contributed by atoms with van der Waals surface area (Å²) in [6, 6.07) is 17.3. The van der Waals surface area contributed by atoms with Gasteiger partial charge < -0.3 is 30.4 Å². The Morgan fingerprint density at radius 1 is 0.889 bits per heavy atom. The molecular formula is C56H79N3O4. The summed E-state index contributed by atoms with van der Waals surface area (Å²) >= 11 is 0. The summed E-state index contributed by atoms with van der Waals surface area (Å²) in [5.74, 6) is 5.08. The van der Waals surface area contributed by atoms with E-state index in [1.165, 1.54) is 106 Å². The van der Waals surface area contributed by atoms with E-state index in [0.29, 0.717) is 48.2 Å². The number of furan rings is 1. The Labute approximate surface area is 378 Å². The maximum absolute atomic E-state index is 11.4. The third-order valence-corrected chi connectivity index (χ3v) is 19.1. The summed E-state index contributed by atoms with van der Waals surface area (Å²) < 4.78 is 12.6. The number of epoxide rings is 1. The average molecular weight is 858 g/mol. The summed E-state index contributed by atoms with van der Waals surface area (Å²) in [6.45, 7) is 9.04. The number of aliphatic hydroxyl groups is 2. The number of aliphatic hydroxyl groups excluding tert-OH is 1. The largest absolute Gasteiger partial charge is 0.471 e. The van der Waals surface area contributed by atoms with Crippen molar-refractivity contribution in [1.82, 2.24) is 5.32 Å². The van der Waals surface area contributed by atoms with E-state index in [0.717, 1.165) is 81.1 Å². The van der Waals surface area contributed by atoms with Crippen molar-refractivity contribution in [3.63, 3.8) is 0 Å². The van der Waals surface area contributed by atoms with Crippen molar-refractivity contribution in [1.29, 1.82) is 0 Å². The van der Waals surface area contributed by atoms with Crippen LogP contribution < -0.4 is 11.1 Å². The number of aryl methyl sites for hydroxylation is 1. The van der Waals surface area contributed by atoms with Crippen LogP contribution in [0.4, 0.5) is 0 Å². The van der Waals surface area contributed by atoms with Gasteiger partial charge in [-0.15, -0.1) is 0 Å². The molecule has 63 heavy (non-hydrogen) atoms. The van der Waals surface area contributed by atoms with Crippen LogP contribution >= 0.6 is 0 Å². The molecule has 7 fully saturated rings. The van der Waals surface area contributed by atoms with Crippen molar-refractivity contribution < 1.29 is 19.4 Å². The van der Waals surface area contributed by atoms with Gasteiger partial charge in [0.25, 0.3) is 0 Å². The predicted octanol–water partition coefficient (Wildman–Crippen LogP) is 11.8. The van der Waals surface area contributed by atoms with Crippen LogP contribution in [0.25, 0.3) is 10.8 Å². The first-order chi connectivity index (χ1) is 30.5. The number of hydrogen-bond donors (Lipinski definition) is 4. The summed E-state index contributed by atoms with van der Waals surface area (Å²) in [6.07, 6.45) is 30.5. The number of aliphatic imine (C=N–C) groups is 1. The molecule has 0 radical (unpaired) electrons. The summed E-state index contributed by atoms with van der Waals surface area (Å²) in [4.78, 5) is 5.02. The zero-order chi connectivity index (χ0) is 43.2. The highest BCUT2D eigenvalue weighted by atomic mass is 16.6. The number of allylic oxidation sites excluding steroid dienone is 1. The zero-order valence-corrected chi connectivity index (χ0v) is 38.6. The lowest BCUT2D eigenvalue weighted by Crippen LogP contribution is -2.57. The normalized spacial score (nSPS) is 38.9. The molecule has 1 aromatic heterocycles. The highest BCUT2D eigenvalue weighted by Crippen LogP contribution is 2.72. The van der Waals surface area contributed by atoms with Gasteiger partial charge in [-0.2, -0.15) is 0 Å². The zero-order valence-electron chi connectivity index (χ0n) is 38.6. The standard InChI is InChI=1S/C56H79N3O4/c1-38-30-54(27-22-40(31-54)23-28-55(61)25-10-16-46(60)32-55)51-53(2,63-51)26-24-50-48(38)33-56(50,44-14-7-4-8-15-44)45-21-19-41(29-45)34-58-52(57)59-35-42(20-18-39-11-5-3-6-12-39)47-17-9-13-43-36-62-37-49(43)47/h3,5-6,9,11-13,17,36-37,40-42,44-46,48,50-51,60-61H,1,4,7-8,10,14-16,18-35H2,2H3,(H3,57,58,59)/t40-,41+,42+,45-,46+,48-,50-,51-,53-,54-,55+,56+/m1/s1. The quantitative estimate of drug-likeness (QED) is 0.0589. The van der Waals surface area contributed by atoms with Gasteiger partial charge in [0.05, 0.1) is 35.9 Å². The molecule has 6 saturated carbocycles. The van der Waals surface area contributed by atoms with Gasteiger partial charge in [0, 0.05) is 41.6 Å². The first-order valence-electron chi connectivity index (χ1n) is 25.8. The number of rotatable bonds is 13. The van der Waals surface area contributed by atoms with Crippen LogP contribution in [0, 0.1) is 46.3 Å². The second-order valence-corrected chi connectivity index (χ2v) is 23.0. The summed E-state index contributed by atoms with van der Waals surface area (Å²) in [5.41, 5.74) is 10.9. The van der Waals surface area contributed by atoms with Crippen molar-refractivity contribution >= 4 is 16.7 Å². The number of ether oxygens (including phenoxy) is 1. The van der Waals surface area contributed by atoms with E-state index in [1.807, 2.05) is 12.5 Å². The van der Waals surface area contributed by atoms with E-state index in [4.69, 9.17) is 26.5 Å². The molecule has 5 N–H and O–H groups in total. The molecule has 3 aromatic rings. The van der Waals surface area contributed by atoms with Gasteiger partial charge in [-0.3, -0.25) is 4.99 Å². The Morgan fingerprint density at radius 3 is 2.59 bits per heavy atom. The second kappa shape index (κ2) is 17.9. The number of nitrogens with zero attached hydrogens (tertiary/aromatic N) is 1. The summed E-state index contributed by atoms with van der Waals surface area (Å²) in [7, 11) is 0. The molecule has 7 heteroatoms. The maximum Gasteiger partial charge on any atom is 0.188 e. The number of nitrogens with one attached hydrogen (secondary N) is 1. The van der Waals surface area contributed by atoms with Gasteiger partial charge in [-0.05, 0) is 181 Å². The van der Waals surface area contributed by atoms with Crippen LogP contribution in [0.2, 0.25) is 0 Å². The molecule has 342 valence electrons. The van der Waals surface area contributed by atoms with Gasteiger partial charge >= 0.3 is 0 Å². The molecule has 0 unspecified atom stereocenters. The molecule has 10 rings (SSSR count). The van der Waals surface area contributed by atoms with E-state index in [2.05, 4.69) is 60.8 Å². The molecule has 1 saturated heterocycles. The van der Waals surface area contributed by atoms with Gasteiger partial charge in [0.2, 0.25) is 0 Å². The second-order valence-electron chi connectivity index (χ2n) is 23.0. The molecule has 1 spiro atoms. The van der Waals surface area contributed by atoms with Gasteiger partial charge in [-0.25, -0.2) is 0 Å². The lowest BCUT2D eigenvalue weighted by Gasteiger charge is -2.64. The lowest BCUT2D eigenvalue weighted by atomic mass is 9.40. The fraction of sp³-hybridized carbons (Fsp3) is 0.696. The van der Waals surface area contributed by atoms with Crippen LogP contribution in [0.1, 0.15) is 165 Å². The molecule has 2 heterocycles. The third-order valence-electron chi connectivity index (χ3n) is 19.1. The molecular weight excluding hydrogens is 779 g/mol. The smallest absolute Gasteiger partial charge is 0.188 e. The topological polar surface area (TPSA) is 117 Å². The maximum atomic E-state index is 11.4. The van der Waals surface area contributed by atoms with E-state index in [1.54, 1.807) is 5.57 Å². The average Bonchev–Trinajstić information content (AvgIpc) is 3.71. The van der Waals surface area contributed by atoms with E-state index in [9.17, 15) is 10.2 Å². The first kappa shape index (κ1) is 43.7. The number of nitrogens with two attached hydrogens (primary N) is 1. The monoisotopic (exact) mass is 858 g/mol. The minimum atomic E-state index is -0.680. The Kier molecular flexibility index (Phi) is 12.4. The van der Waals surface area contributed by atoms with E-state index < -0.39 is 5.60 Å². The third kappa shape index (κ3) is 8.83. The molecule has 7 aliphatic rings. The van der Waals surface area contributed by atoms with Crippen molar-refractivity contribution in [2.24, 2.45) is 57.1 Å². The lowest BCUT2D eigenvalue weighted by molar-refractivity contribution is -0.138. The highest BCUT2D eigenvalue weighted by Gasteiger charge is 2.68. The number of hydrogen-bond acceptors (Lipinski definition) is 5. The molecule has 0 bridgehead atoms. The van der Waals surface area contributed by atoms with Crippen LogP contribution in [0.3, 0.4) is 0 Å². The molecule has 12 atom stereocenters. The van der Waals surface area contributed by atoms with Crippen molar-refractivity contribution in [3.05, 3.63) is 84.3 Å². The molecule has 1 aliphatic heterocycles. The minimum absolute atomic E-state index is 0.00573. The van der Waals surface area contributed by atoms with Gasteiger partial charge in [-0.1, -0.05) is 79.9 Å². The number of fused-ring (bicyclic) bond motifs is 4. The van der Waals surface area contributed by atoms with Gasteiger partial charge in [0.15, 0.2) is 5.96 Å². The van der Waals surface area contributed by atoms with Crippen LogP contribution in [-0.4, -0.2) is 52.7 Å². The fourth-order valence-corrected chi connectivity index (χ4v) is 15.9. The highest BCUT2D eigenvalue weighted by molar-refractivity contribution is 5.85.